The summed E-state index contributed by atoms with van der Waals surface area (Å²) >= 11 is 6.77. The topological polar surface area (TPSA) is 70.2 Å². The molecule has 0 bridgehead atoms. The molecule has 0 aliphatic rings. The number of pyridine rings is 1. The van der Waals surface area contributed by atoms with Gasteiger partial charge in [0.2, 0.25) is 5.43 Å². The predicted molar refractivity (Wildman–Crippen MR) is 54.4 cm³/mol. The quantitative estimate of drug-likeness (QED) is 0.785. The molecular weight excluding hydrogens is 226 g/mol. The molecule has 0 spiro atoms. The number of H-pyrrole nitrogens is 1. The SMILES string of the molecule is O=C(O)c1c[nH]c2cc(Cl)sc2c1=O. The van der Waals surface area contributed by atoms with Gasteiger partial charge in [0.25, 0.3) is 0 Å². The first-order chi connectivity index (χ1) is 6.59. The minimum Gasteiger partial charge on any atom is -0.477 e. The molecule has 2 heterocycles. The summed E-state index contributed by atoms with van der Waals surface area (Å²) < 4.78 is 0.797. The summed E-state index contributed by atoms with van der Waals surface area (Å²) in [5.41, 5.74) is -0.200. The molecule has 0 atom stereocenters. The zero-order valence-electron chi connectivity index (χ0n) is 6.70. The Balaban J connectivity index is 2.88. The van der Waals surface area contributed by atoms with Gasteiger partial charge in [-0.15, -0.1) is 11.3 Å². The summed E-state index contributed by atoms with van der Waals surface area (Å²) in [5.74, 6) is -1.24. The molecule has 0 aliphatic heterocycles. The molecular formula is C8H4ClNO3S. The van der Waals surface area contributed by atoms with Crippen molar-refractivity contribution in [2.45, 2.75) is 0 Å². The fourth-order valence-corrected chi connectivity index (χ4v) is 2.28. The van der Waals surface area contributed by atoms with Crippen molar-refractivity contribution < 1.29 is 9.90 Å². The Kier molecular flexibility index (Phi) is 2.05. The summed E-state index contributed by atoms with van der Waals surface area (Å²) in [5, 5.41) is 8.68. The second-order valence-corrected chi connectivity index (χ2v) is 4.31. The molecule has 0 saturated heterocycles. The molecule has 2 rings (SSSR count). The Bertz CT molecular complexity index is 571. The van der Waals surface area contributed by atoms with Crippen LogP contribution in [0.25, 0.3) is 10.2 Å². The van der Waals surface area contributed by atoms with Gasteiger partial charge >= 0.3 is 5.97 Å². The summed E-state index contributed by atoms with van der Waals surface area (Å²) in [6.45, 7) is 0. The Morgan fingerprint density at radius 1 is 1.57 bits per heavy atom. The second kappa shape index (κ2) is 3.11. The van der Waals surface area contributed by atoms with E-state index < -0.39 is 11.4 Å². The first-order valence-corrected chi connectivity index (χ1v) is 4.83. The number of hydrogen-bond acceptors (Lipinski definition) is 3. The molecule has 4 nitrogen and oxygen atoms in total. The summed E-state index contributed by atoms with van der Waals surface area (Å²) in [7, 11) is 0. The maximum Gasteiger partial charge on any atom is 0.341 e. The molecule has 0 radical (unpaired) electrons. The van der Waals surface area contributed by atoms with Crippen LogP contribution in [0.5, 0.6) is 0 Å². The number of rotatable bonds is 1. The number of fused-ring (bicyclic) bond motifs is 1. The third kappa shape index (κ3) is 1.30. The van der Waals surface area contributed by atoms with Crippen molar-refractivity contribution in [2.24, 2.45) is 0 Å². The minimum absolute atomic E-state index is 0.268. The average Bonchev–Trinajstić information content (AvgIpc) is 2.46. The molecule has 72 valence electrons. The Morgan fingerprint density at radius 3 is 2.93 bits per heavy atom. The zero-order chi connectivity index (χ0) is 10.3. The molecule has 6 heteroatoms. The highest BCUT2D eigenvalue weighted by molar-refractivity contribution is 7.22. The van der Waals surface area contributed by atoms with Gasteiger partial charge in [0, 0.05) is 6.20 Å². The van der Waals surface area contributed by atoms with Crippen LogP contribution in [0.15, 0.2) is 17.1 Å². The van der Waals surface area contributed by atoms with Crippen molar-refractivity contribution >= 4 is 39.1 Å². The largest absolute Gasteiger partial charge is 0.477 e. The normalized spacial score (nSPS) is 10.6. The van der Waals surface area contributed by atoms with E-state index in [9.17, 15) is 9.59 Å². The predicted octanol–water partition coefficient (Wildman–Crippen LogP) is 1.94. The monoisotopic (exact) mass is 229 g/mol. The standard InChI is InChI=1S/C8H4ClNO3S/c9-5-1-4-7(14-5)6(11)3(2-10-4)8(12)13/h1-2H,(H,10,11)(H,12,13). The molecule has 0 saturated carbocycles. The Labute approximate surface area is 86.8 Å². The van der Waals surface area contributed by atoms with E-state index in [0.29, 0.717) is 14.6 Å². The summed E-state index contributed by atoms with van der Waals surface area (Å²) in [6.07, 6.45) is 1.18. The van der Waals surface area contributed by atoms with E-state index in [1.165, 1.54) is 6.20 Å². The molecule has 2 N–H and O–H groups in total. The van der Waals surface area contributed by atoms with E-state index in [4.69, 9.17) is 16.7 Å². The fourth-order valence-electron chi connectivity index (χ4n) is 1.13. The van der Waals surface area contributed by atoms with Gasteiger partial charge in [-0.1, -0.05) is 11.6 Å². The molecule has 0 aromatic carbocycles. The van der Waals surface area contributed by atoms with Gasteiger partial charge in [0.15, 0.2) is 0 Å². The minimum atomic E-state index is -1.24. The lowest BCUT2D eigenvalue weighted by molar-refractivity contribution is 0.0695. The lowest BCUT2D eigenvalue weighted by Crippen LogP contribution is -2.13. The number of aromatic carboxylic acids is 1. The van der Waals surface area contributed by atoms with Crippen LogP contribution in [0, 0.1) is 0 Å². The molecule has 2 aromatic rings. The number of aromatic nitrogens is 1. The van der Waals surface area contributed by atoms with Gasteiger partial charge in [-0.05, 0) is 6.07 Å². The number of carbonyl (C=O) groups is 1. The Morgan fingerprint density at radius 2 is 2.29 bits per heavy atom. The van der Waals surface area contributed by atoms with Crippen molar-refractivity contribution in [1.29, 1.82) is 0 Å². The van der Waals surface area contributed by atoms with E-state index in [1.807, 2.05) is 0 Å². The highest BCUT2D eigenvalue weighted by Gasteiger charge is 2.13. The number of carboxylic acid groups (broad SMARTS) is 1. The van der Waals surface area contributed by atoms with Gasteiger partial charge in [0.1, 0.15) is 10.3 Å². The third-order valence-corrected chi connectivity index (χ3v) is 3.02. The van der Waals surface area contributed by atoms with Crippen molar-refractivity contribution in [3.63, 3.8) is 0 Å². The smallest absolute Gasteiger partial charge is 0.341 e. The van der Waals surface area contributed by atoms with Gasteiger partial charge in [0.05, 0.1) is 9.85 Å². The van der Waals surface area contributed by atoms with E-state index in [-0.39, 0.29) is 5.56 Å². The van der Waals surface area contributed by atoms with Crippen molar-refractivity contribution in [3.8, 4) is 0 Å². The highest BCUT2D eigenvalue weighted by atomic mass is 35.5. The van der Waals surface area contributed by atoms with Gasteiger partial charge < -0.3 is 10.1 Å². The van der Waals surface area contributed by atoms with E-state index in [0.717, 1.165) is 11.3 Å². The van der Waals surface area contributed by atoms with Crippen molar-refractivity contribution in [1.82, 2.24) is 4.98 Å². The van der Waals surface area contributed by atoms with Crippen LogP contribution in [0.3, 0.4) is 0 Å². The van der Waals surface area contributed by atoms with Crippen molar-refractivity contribution in [3.05, 3.63) is 32.4 Å². The van der Waals surface area contributed by atoms with Crippen LogP contribution in [0.1, 0.15) is 10.4 Å². The van der Waals surface area contributed by atoms with E-state index in [2.05, 4.69) is 4.98 Å². The third-order valence-electron chi connectivity index (χ3n) is 1.76. The number of nitrogens with one attached hydrogen (secondary N) is 1. The second-order valence-electron chi connectivity index (χ2n) is 2.63. The molecule has 0 amide bonds. The van der Waals surface area contributed by atoms with Crippen LogP contribution < -0.4 is 5.43 Å². The van der Waals surface area contributed by atoms with Crippen LogP contribution in [-0.4, -0.2) is 16.1 Å². The van der Waals surface area contributed by atoms with E-state index >= 15 is 0 Å². The molecule has 0 fully saturated rings. The maximum atomic E-state index is 11.5. The van der Waals surface area contributed by atoms with Gasteiger partial charge in [-0.25, -0.2) is 4.79 Å². The first kappa shape index (κ1) is 9.23. The number of halogens is 1. The lowest BCUT2D eigenvalue weighted by atomic mass is 10.2. The molecule has 0 aliphatic carbocycles. The van der Waals surface area contributed by atoms with Crippen LogP contribution in [0.2, 0.25) is 4.34 Å². The summed E-state index contributed by atoms with van der Waals surface area (Å²) in [4.78, 5) is 24.9. The van der Waals surface area contributed by atoms with Gasteiger partial charge in [-0.2, -0.15) is 0 Å². The lowest BCUT2D eigenvalue weighted by Gasteiger charge is -1.92. The fraction of sp³-hybridized carbons (Fsp3) is 0. The van der Waals surface area contributed by atoms with Crippen molar-refractivity contribution in [2.75, 3.05) is 0 Å². The van der Waals surface area contributed by atoms with Gasteiger partial charge in [-0.3, -0.25) is 4.79 Å². The number of thiophene rings is 1. The zero-order valence-corrected chi connectivity index (χ0v) is 8.28. The van der Waals surface area contributed by atoms with Crippen LogP contribution >= 0.6 is 22.9 Å². The highest BCUT2D eigenvalue weighted by Crippen LogP contribution is 2.25. The summed E-state index contributed by atoms with van der Waals surface area (Å²) in [6, 6.07) is 1.59. The van der Waals surface area contributed by atoms with Crippen LogP contribution in [-0.2, 0) is 0 Å². The maximum absolute atomic E-state index is 11.5. The average molecular weight is 230 g/mol. The van der Waals surface area contributed by atoms with Crippen LogP contribution in [0.4, 0.5) is 0 Å². The molecule has 2 aromatic heterocycles. The first-order valence-electron chi connectivity index (χ1n) is 3.63. The Hall–Kier alpha value is -1.33. The van der Waals surface area contributed by atoms with E-state index in [1.54, 1.807) is 6.07 Å². The number of aromatic amines is 1. The number of carboxylic acids is 1. The molecule has 0 unspecified atom stereocenters. The molecule has 14 heavy (non-hydrogen) atoms. The number of hydrogen-bond donors (Lipinski definition) is 2.